The molecule has 168 valence electrons. The van der Waals surface area contributed by atoms with Crippen LogP contribution in [0.5, 0.6) is 0 Å². The fraction of sp³-hybridized carbons (Fsp3) is 0.435. The minimum atomic E-state index is -0.0674. The fourth-order valence-corrected chi connectivity index (χ4v) is 5.25. The number of carbonyl (C=O) groups is 1. The third kappa shape index (κ3) is 4.56. The van der Waals surface area contributed by atoms with E-state index in [-0.39, 0.29) is 18.0 Å². The van der Waals surface area contributed by atoms with Crippen LogP contribution in [0.4, 0.5) is 4.79 Å². The van der Waals surface area contributed by atoms with Crippen molar-refractivity contribution >= 4 is 40.5 Å². The normalized spacial score (nSPS) is 21.5. The van der Waals surface area contributed by atoms with Gasteiger partial charge in [0, 0.05) is 37.8 Å². The summed E-state index contributed by atoms with van der Waals surface area (Å²) < 4.78 is 5.65. The zero-order valence-corrected chi connectivity index (χ0v) is 19.2. The highest BCUT2D eigenvalue weighted by Gasteiger charge is 2.42. The molecule has 2 aliphatic heterocycles. The molecule has 9 heteroatoms. The Labute approximate surface area is 196 Å². The second kappa shape index (κ2) is 8.89. The summed E-state index contributed by atoms with van der Waals surface area (Å²) in [6, 6.07) is 9.37. The number of pyridine rings is 1. The van der Waals surface area contributed by atoms with Gasteiger partial charge in [0.15, 0.2) is 11.2 Å². The molecule has 1 unspecified atom stereocenters. The lowest BCUT2D eigenvalue weighted by atomic mass is 9.79. The summed E-state index contributed by atoms with van der Waals surface area (Å²) in [6.07, 6.45) is 4.92. The number of piperidine rings is 1. The molecule has 2 saturated heterocycles. The summed E-state index contributed by atoms with van der Waals surface area (Å²) >= 11 is 12.2. The van der Waals surface area contributed by atoms with Crippen LogP contribution in [0.25, 0.3) is 11.2 Å². The first-order valence-electron chi connectivity index (χ1n) is 10.9. The Balaban J connectivity index is 1.17. The van der Waals surface area contributed by atoms with Gasteiger partial charge in [-0.25, -0.2) is 9.78 Å². The van der Waals surface area contributed by atoms with E-state index in [0.717, 1.165) is 57.5 Å². The zero-order chi connectivity index (χ0) is 22.1. The van der Waals surface area contributed by atoms with Gasteiger partial charge in [0.25, 0.3) is 0 Å². The topological polar surface area (TPSA) is 74.5 Å². The van der Waals surface area contributed by atoms with Crippen molar-refractivity contribution in [2.75, 3.05) is 26.2 Å². The second-order valence-electron chi connectivity index (χ2n) is 8.83. The predicted octanol–water partition coefficient (Wildman–Crippen LogP) is 4.73. The first kappa shape index (κ1) is 21.5. The van der Waals surface area contributed by atoms with Crippen molar-refractivity contribution in [3.63, 3.8) is 0 Å². The van der Waals surface area contributed by atoms with Gasteiger partial charge in [-0.05, 0) is 55.6 Å². The van der Waals surface area contributed by atoms with E-state index in [9.17, 15) is 4.79 Å². The first-order chi connectivity index (χ1) is 15.5. The molecule has 1 aromatic carbocycles. The molecule has 0 radical (unpaired) electrons. The molecule has 0 aliphatic carbocycles. The molecule has 0 bridgehead atoms. The molecular weight excluding hydrogens is 449 g/mol. The molecule has 0 saturated carbocycles. The number of hydrogen-bond acceptors (Lipinski definition) is 5. The molecule has 2 aromatic heterocycles. The van der Waals surface area contributed by atoms with E-state index >= 15 is 0 Å². The third-order valence-electron chi connectivity index (χ3n) is 6.46. The van der Waals surface area contributed by atoms with Crippen LogP contribution in [0, 0.1) is 5.41 Å². The van der Waals surface area contributed by atoms with E-state index in [1.807, 2.05) is 29.2 Å². The van der Waals surface area contributed by atoms with Crippen LogP contribution >= 0.6 is 23.2 Å². The van der Waals surface area contributed by atoms with Gasteiger partial charge < -0.3 is 14.6 Å². The van der Waals surface area contributed by atoms with E-state index in [4.69, 9.17) is 27.6 Å². The molecule has 5 rings (SSSR count). The summed E-state index contributed by atoms with van der Waals surface area (Å²) in [5.74, 6) is 0.465. The van der Waals surface area contributed by atoms with Crippen molar-refractivity contribution in [3.8, 4) is 0 Å². The number of oxazole rings is 1. The largest absolute Gasteiger partial charge is 0.437 e. The monoisotopic (exact) mass is 473 g/mol. The van der Waals surface area contributed by atoms with Gasteiger partial charge >= 0.3 is 6.03 Å². The molecule has 3 aromatic rings. The average molecular weight is 474 g/mol. The highest BCUT2D eigenvalue weighted by atomic mass is 35.5. The van der Waals surface area contributed by atoms with E-state index in [1.165, 1.54) is 0 Å². The van der Waals surface area contributed by atoms with Crippen LogP contribution in [0.3, 0.4) is 0 Å². The summed E-state index contributed by atoms with van der Waals surface area (Å²) in [6.45, 7) is 4.64. The SMILES string of the molecule is O=C(NCc1nc2ncccc2o1)N1CCCC2(CCN(Cc3ccc(Cl)c(Cl)c3)C2)C1. The lowest BCUT2D eigenvalue weighted by Gasteiger charge is -2.40. The molecule has 2 amide bonds. The van der Waals surface area contributed by atoms with Crippen LogP contribution in [0.15, 0.2) is 40.9 Å². The predicted molar refractivity (Wildman–Crippen MR) is 124 cm³/mol. The summed E-state index contributed by atoms with van der Waals surface area (Å²) in [4.78, 5) is 25.7. The number of urea groups is 1. The molecule has 1 spiro atoms. The Bertz CT molecular complexity index is 1100. The number of rotatable bonds is 4. The number of fused-ring (bicyclic) bond motifs is 1. The number of aromatic nitrogens is 2. The third-order valence-corrected chi connectivity index (χ3v) is 7.20. The molecule has 4 heterocycles. The summed E-state index contributed by atoms with van der Waals surface area (Å²) in [5.41, 5.74) is 2.49. The van der Waals surface area contributed by atoms with Crippen LogP contribution < -0.4 is 5.32 Å². The maximum atomic E-state index is 12.9. The van der Waals surface area contributed by atoms with Gasteiger partial charge in [0.05, 0.1) is 16.6 Å². The minimum absolute atomic E-state index is 0.0674. The molecule has 32 heavy (non-hydrogen) atoms. The van der Waals surface area contributed by atoms with Crippen molar-refractivity contribution < 1.29 is 9.21 Å². The molecule has 1 N–H and O–H groups in total. The van der Waals surface area contributed by atoms with Gasteiger partial charge in [0.1, 0.15) is 0 Å². The number of nitrogens with zero attached hydrogens (tertiary/aromatic N) is 4. The quantitative estimate of drug-likeness (QED) is 0.592. The minimum Gasteiger partial charge on any atom is -0.437 e. The Morgan fingerprint density at radius 1 is 1.16 bits per heavy atom. The highest BCUT2D eigenvalue weighted by Crippen LogP contribution is 2.39. The van der Waals surface area contributed by atoms with E-state index < -0.39 is 0 Å². The fourth-order valence-electron chi connectivity index (χ4n) is 4.93. The average Bonchev–Trinajstić information content (AvgIpc) is 3.38. The Morgan fingerprint density at radius 3 is 2.91 bits per heavy atom. The van der Waals surface area contributed by atoms with Crippen LogP contribution in [0.1, 0.15) is 30.7 Å². The first-order valence-corrected chi connectivity index (χ1v) is 11.6. The van der Waals surface area contributed by atoms with Gasteiger partial charge in [-0.3, -0.25) is 4.90 Å². The van der Waals surface area contributed by atoms with Crippen LogP contribution in [-0.2, 0) is 13.1 Å². The number of amides is 2. The van der Waals surface area contributed by atoms with Crippen LogP contribution in [0.2, 0.25) is 10.0 Å². The Morgan fingerprint density at radius 2 is 2.06 bits per heavy atom. The molecule has 7 nitrogen and oxygen atoms in total. The smallest absolute Gasteiger partial charge is 0.317 e. The molecular formula is C23H25Cl2N5O2. The molecule has 2 fully saturated rings. The summed E-state index contributed by atoms with van der Waals surface area (Å²) in [5, 5.41) is 4.13. The number of benzene rings is 1. The van der Waals surface area contributed by atoms with Crippen molar-refractivity contribution in [1.82, 2.24) is 25.1 Å². The number of hydrogen-bond donors (Lipinski definition) is 1. The van der Waals surface area contributed by atoms with Gasteiger partial charge in [-0.1, -0.05) is 29.3 Å². The van der Waals surface area contributed by atoms with Crippen molar-refractivity contribution in [1.29, 1.82) is 0 Å². The Kier molecular flexibility index (Phi) is 5.97. The van der Waals surface area contributed by atoms with Crippen LogP contribution in [-0.4, -0.2) is 52.0 Å². The highest BCUT2D eigenvalue weighted by molar-refractivity contribution is 6.42. The summed E-state index contributed by atoms with van der Waals surface area (Å²) in [7, 11) is 0. The number of carbonyl (C=O) groups excluding carboxylic acids is 1. The second-order valence-corrected chi connectivity index (χ2v) is 9.64. The zero-order valence-electron chi connectivity index (χ0n) is 17.7. The molecule has 2 aliphatic rings. The number of halogens is 2. The maximum absolute atomic E-state index is 12.9. The van der Waals surface area contributed by atoms with Crippen molar-refractivity contribution in [2.45, 2.75) is 32.4 Å². The number of likely N-dealkylation sites (tertiary alicyclic amines) is 2. The molecule has 1 atom stereocenters. The van der Waals surface area contributed by atoms with E-state index in [0.29, 0.717) is 27.2 Å². The standard InChI is InChI=1S/C23H25Cl2N5O2/c24-17-5-4-16(11-18(17)25)13-29-10-7-23(14-29)6-2-9-30(15-23)22(31)27-12-20-28-21-19(32-20)3-1-8-26-21/h1,3-5,8,11H,2,6-7,9-10,12-15H2,(H,27,31). The lowest BCUT2D eigenvalue weighted by molar-refractivity contribution is 0.107. The van der Waals surface area contributed by atoms with E-state index in [2.05, 4.69) is 20.2 Å². The van der Waals surface area contributed by atoms with Crippen molar-refractivity contribution in [2.24, 2.45) is 5.41 Å². The van der Waals surface area contributed by atoms with Gasteiger partial charge in [-0.15, -0.1) is 0 Å². The number of nitrogens with one attached hydrogen (secondary N) is 1. The van der Waals surface area contributed by atoms with Gasteiger partial charge in [-0.2, -0.15) is 4.98 Å². The maximum Gasteiger partial charge on any atom is 0.317 e. The lowest BCUT2D eigenvalue weighted by Crippen LogP contribution is -2.50. The van der Waals surface area contributed by atoms with Gasteiger partial charge in [0.2, 0.25) is 5.89 Å². The van der Waals surface area contributed by atoms with E-state index in [1.54, 1.807) is 12.3 Å². The van der Waals surface area contributed by atoms with Crippen molar-refractivity contribution in [3.05, 3.63) is 58.0 Å². The Hall–Kier alpha value is -2.35.